The number of nitrogens with zero attached hydrogens (tertiary/aromatic N) is 2. The zero-order chi connectivity index (χ0) is 14.9. The summed E-state index contributed by atoms with van der Waals surface area (Å²) in [5.74, 6) is -1.39. The van der Waals surface area contributed by atoms with Gasteiger partial charge in [-0.15, -0.1) is 0 Å². The van der Waals surface area contributed by atoms with Crippen LogP contribution in [0.15, 0.2) is 24.5 Å². The van der Waals surface area contributed by atoms with E-state index in [1.807, 2.05) is 0 Å². The van der Waals surface area contributed by atoms with Crippen molar-refractivity contribution in [3.63, 3.8) is 0 Å². The van der Waals surface area contributed by atoms with Gasteiger partial charge in [0.25, 0.3) is 5.91 Å². The van der Waals surface area contributed by atoms with E-state index in [2.05, 4.69) is 10.3 Å². The molecule has 2 aromatic rings. The number of halogens is 1. The zero-order valence-electron chi connectivity index (χ0n) is 11.5. The Morgan fingerprint density at radius 2 is 2.20 bits per heavy atom. The monoisotopic (exact) mass is 277 g/mol. The summed E-state index contributed by atoms with van der Waals surface area (Å²) in [7, 11) is 1.74. The molecule has 6 heteroatoms. The molecule has 0 bridgehead atoms. The molecular formula is C14H16FN3O2. The largest absolute Gasteiger partial charge is 0.505 e. The predicted molar refractivity (Wildman–Crippen MR) is 71.9 cm³/mol. The van der Waals surface area contributed by atoms with Crippen molar-refractivity contribution in [3.05, 3.63) is 47.3 Å². The van der Waals surface area contributed by atoms with Crippen molar-refractivity contribution in [3.8, 4) is 5.75 Å². The third-order valence-electron chi connectivity index (χ3n) is 3.15. The summed E-state index contributed by atoms with van der Waals surface area (Å²) in [6.45, 7) is 3.50. The first-order valence-electron chi connectivity index (χ1n) is 6.17. The van der Waals surface area contributed by atoms with Crippen molar-refractivity contribution in [1.29, 1.82) is 0 Å². The topological polar surface area (TPSA) is 67.2 Å². The van der Waals surface area contributed by atoms with E-state index < -0.39 is 11.6 Å². The molecule has 0 fully saturated rings. The Kier molecular flexibility index (Phi) is 3.74. The molecule has 0 saturated heterocycles. The van der Waals surface area contributed by atoms with Gasteiger partial charge in [-0.25, -0.2) is 9.37 Å². The Morgan fingerprint density at radius 1 is 1.50 bits per heavy atom. The number of aryl methyl sites for hydroxylation is 2. The van der Waals surface area contributed by atoms with Gasteiger partial charge in [0.15, 0.2) is 11.6 Å². The second-order valence-electron chi connectivity index (χ2n) is 4.70. The van der Waals surface area contributed by atoms with Gasteiger partial charge >= 0.3 is 0 Å². The lowest BCUT2D eigenvalue weighted by atomic mass is 10.1. The number of benzene rings is 1. The maximum Gasteiger partial charge on any atom is 0.270 e. The van der Waals surface area contributed by atoms with Crippen molar-refractivity contribution >= 4 is 5.91 Å². The Hall–Kier alpha value is -2.37. The van der Waals surface area contributed by atoms with Gasteiger partial charge in [0, 0.05) is 7.05 Å². The van der Waals surface area contributed by atoms with Gasteiger partial charge in [-0.05, 0) is 31.5 Å². The van der Waals surface area contributed by atoms with Gasteiger partial charge in [0.2, 0.25) is 0 Å². The number of imidazole rings is 1. The summed E-state index contributed by atoms with van der Waals surface area (Å²) in [4.78, 5) is 16.2. The van der Waals surface area contributed by atoms with Crippen LogP contribution in [0.1, 0.15) is 34.7 Å². The highest BCUT2D eigenvalue weighted by atomic mass is 19.1. The van der Waals surface area contributed by atoms with E-state index in [4.69, 9.17) is 5.11 Å². The summed E-state index contributed by atoms with van der Waals surface area (Å²) in [5, 5.41) is 11.9. The number of rotatable bonds is 3. The van der Waals surface area contributed by atoms with Gasteiger partial charge in [0.05, 0.1) is 18.1 Å². The van der Waals surface area contributed by atoms with Crippen molar-refractivity contribution in [2.75, 3.05) is 0 Å². The molecule has 0 saturated carbocycles. The fourth-order valence-corrected chi connectivity index (χ4v) is 2.01. The first-order chi connectivity index (χ1) is 9.40. The van der Waals surface area contributed by atoms with Crippen LogP contribution < -0.4 is 5.32 Å². The van der Waals surface area contributed by atoms with E-state index in [0.717, 1.165) is 0 Å². The van der Waals surface area contributed by atoms with E-state index in [0.29, 0.717) is 17.0 Å². The Labute approximate surface area is 116 Å². The van der Waals surface area contributed by atoms with Gasteiger partial charge in [-0.2, -0.15) is 0 Å². The van der Waals surface area contributed by atoms with Crippen LogP contribution in [0.25, 0.3) is 0 Å². The number of aromatic hydroxyl groups is 1. The molecule has 5 nitrogen and oxygen atoms in total. The van der Waals surface area contributed by atoms with E-state index in [-0.39, 0.29) is 11.9 Å². The summed E-state index contributed by atoms with van der Waals surface area (Å²) in [5.41, 5.74) is 1.68. The number of carbonyl (C=O) groups is 1. The van der Waals surface area contributed by atoms with Crippen LogP contribution in [-0.4, -0.2) is 20.6 Å². The molecule has 2 N–H and O–H groups in total. The quantitative estimate of drug-likeness (QED) is 0.902. The summed E-state index contributed by atoms with van der Waals surface area (Å²) in [6, 6.07) is 3.66. The molecule has 2 rings (SSSR count). The molecule has 1 unspecified atom stereocenters. The highest BCUT2D eigenvalue weighted by molar-refractivity contribution is 5.93. The second-order valence-corrected chi connectivity index (χ2v) is 4.70. The fraction of sp³-hybridized carbons (Fsp3) is 0.286. The Balaban J connectivity index is 2.17. The number of aromatic nitrogens is 2. The lowest BCUT2D eigenvalue weighted by Crippen LogP contribution is -2.28. The molecular weight excluding hydrogens is 261 g/mol. The van der Waals surface area contributed by atoms with E-state index in [1.165, 1.54) is 12.1 Å². The predicted octanol–water partition coefficient (Wildman–Crippen LogP) is 2.06. The highest BCUT2D eigenvalue weighted by Crippen LogP contribution is 2.21. The van der Waals surface area contributed by atoms with Crippen molar-refractivity contribution in [2.24, 2.45) is 7.05 Å². The molecule has 0 aliphatic heterocycles. The number of phenols is 1. The molecule has 1 amide bonds. The standard InChI is InChI=1S/C14H16FN3O2/c1-8(10-4-5-12(19)11(15)6-10)17-14(20)13-9(2)16-7-18(13)3/h4-8,19H,1-3H3,(H,17,20). The van der Waals surface area contributed by atoms with Crippen molar-refractivity contribution in [1.82, 2.24) is 14.9 Å². The molecule has 1 atom stereocenters. The van der Waals surface area contributed by atoms with Gasteiger partial charge in [-0.1, -0.05) is 6.07 Å². The lowest BCUT2D eigenvalue weighted by Gasteiger charge is -2.15. The first kappa shape index (κ1) is 14.0. The summed E-state index contributed by atoms with van der Waals surface area (Å²) in [6.07, 6.45) is 1.56. The zero-order valence-corrected chi connectivity index (χ0v) is 11.5. The van der Waals surface area contributed by atoms with E-state index in [1.54, 1.807) is 37.9 Å². The van der Waals surface area contributed by atoms with Crippen molar-refractivity contribution < 1.29 is 14.3 Å². The number of amides is 1. The molecule has 106 valence electrons. The number of nitrogens with one attached hydrogen (secondary N) is 1. The molecule has 0 aliphatic carbocycles. The molecule has 20 heavy (non-hydrogen) atoms. The van der Waals surface area contributed by atoms with Gasteiger partial charge in [0.1, 0.15) is 5.69 Å². The maximum atomic E-state index is 13.3. The average molecular weight is 277 g/mol. The summed E-state index contributed by atoms with van der Waals surface area (Å²) >= 11 is 0. The van der Waals surface area contributed by atoms with Crippen LogP contribution in [0.3, 0.4) is 0 Å². The van der Waals surface area contributed by atoms with Crippen LogP contribution in [-0.2, 0) is 7.05 Å². The van der Waals surface area contributed by atoms with E-state index >= 15 is 0 Å². The minimum absolute atomic E-state index is 0.275. The number of hydrogen-bond donors (Lipinski definition) is 2. The second kappa shape index (κ2) is 5.32. The first-order valence-corrected chi connectivity index (χ1v) is 6.17. The minimum atomic E-state index is -0.708. The van der Waals surface area contributed by atoms with Gasteiger partial charge in [-0.3, -0.25) is 4.79 Å². The molecule has 1 aromatic heterocycles. The van der Waals surface area contributed by atoms with Crippen LogP contribution in [0.5, 0.6) is 5.75 Å². The van der Waals surface area contributed by atoms with E-state index in [9.17, 15) is 9.18 Å². The number of phenolic OH excluding ortho intramolecular Hbond substituents is 1. The summed E-state index contributed by atoms with van der Waals surface area (Å²) < 4.78 is 14.9. The van der Waals surface area contributed by atoms with Crippen LogP contribution in [0, 0.1) is 12.7 Å². The normalized spacial score (nSPS) is 12.2. The van der Waals surface area contributed by atoms with Crippen molar-refractivity contribution in [2.45, 2.75) is 19.9 Å². The maximum absolute atomic E-state index is 13.3. The Bertz CT molecular complexity index is 632. The van der Waals surface area contributed by atoms with Crippen LogP contribution in [0.4, 0.5) is 4.39 Å². The lowest BCUT2D eigenvalue weighted by molar-refractivity contribution is 0.0931. The Morgan fingerprint density at radius 3 is 2.75 bits per heavy atom. The number of carbonyl (C=O) groups excluding carboxylic acids is 1. The molecule has 0 aliphatic rings. The minimum Gasteiger partial charge on any atom is -0.505 e. The fourth-order valence-electron chi connectivity index (χ4n) is 2.01. The molecule has 1 aromatic carbocycles. The number of hydrogen-bond acceptors (Lipinski definition) is 3. The molecule has 0 radical (unpaired) electrons. The smallest absolute Gasteiger partial charge is 0.270 e. The molecule has 1 heterocycles. The van der Waals surface area contributed by atoms with Crippen LogP contribution in [0.2, 0.25) is 0 Å². The van der Waals surface area contributed by atoms with Gasteiger partial charge < -0.3 is 15.0 Å². The van der Waals surface area contributed by atoms with Crippen LogP contribution >= 0.6 is 0 Å². The SMILES string of the molecule is Cc1ncn(C)c1C(=O)NC(C)c1ccc(O)c(F)c1. The third kappa shape index (κ3) is 2.64. The molecule has 0 spiro atoms. The highest BCUT2D eigenvalue weighted by Gasteiger charge is 2.17. The third-order valence-corrected chi connectivity index (χ3v) is 3.15. The average Bonchev–Trinajstić information content (AvgIpc) is 2.72.